The number of benzene rings is 4. The highest BCUT2D eigenvalue weighted by molar-refractivity contribution is 9.10. The number of hydrazone groups is 1. The lowest BCUT2D eigenvalue weighted by Gasteiger charge is -2.18. The number of carbonyl (C=O) groups excluding carboxylic acids is 1. The molecule has 7 nitrogen and oxygen atoms in total. The monoisotopic (exact) mass is 683 g/mol. The molecular weight excluding hydrogens is 658 g/mol. The van der Waals surface area contributed by atoms with Gasteiger partial charge < -0.3 is 4.74 Å². The highest BCUT2D eigenvalue weighted by Crippen LogP contribution is 2.27. The summed E-state index contributed by atoms with van der Waals surface area (Å²) in [6.45, 7) is 2.30. The summed E-state index contributed by atoms with van der Waals surface area (Å²) in [6.07, 6.45) is 1.37. The largest absolute Gasteiger partial charge is 0.488 e. The van der Waals surface area contributed by atoms with E-state index in [-0.39, 0.29) is 11.3 Å². The van der Waals surface area contributed by atoms with Gasteiger partial charge in [-0.1, -0.05) is 76.1 Å². The average Bonchev–Trinajstić information content (AvgIpc) is 2.94. The zero-order chi connectivity index (χ0) is 28.5. The fourth-order valence-corrected chi connectivity index (χ4v) is 5.75. The molecule has 0 fully saturated rings. The van der Waals surface area contributed by atoms with E-state index in [0.29, 0.717) is 17.9 Å². The maximum atomic E-state index is 13.0. The van der Waals surface area contributed by atoms with E-state index < -0.39 is 22.0 Å². The van der Waals surface area contributed by atoms with Crippen LogP contribution in [0.1, 0.15) is 34.7 Å². The van der Waals surface area contributed by atoms with E-state index >= 15 is 0 Å². The minimum absolute atomic E-state index is 0.132. The lowest BCUT2D eigenvalue weighted by atomic mass is 10.0. The molecular formula is C30H27Br2N3O4S. The van der Waals surface area contributed by atoms with Gasteiger partial charge in [-0.25, -0.2) is 18.6 Å². The molecule has 0 aliphatic carbocycles. The standard InChI is InChI=1S/C30H27Br2N3O4S/c1-21-7-14-26(15-8-21)40(37,38)35-28(24-5-3-2-4-6-24)18-30(36)34-33-19-23-11-16-29(27(32)17-23)39-20-22-9-12-25(31)13-10-22/h2-17,19,28,35H,18,20H2,1H3,(H,34,36)/b33-19-/t28-/m1/s1. The van der Waals surface area contributed by atoms with Crippen molar-refractivity contribution in [3.63, 3.8) is 0 Å². The van der Waals surface area contributed by atoms with Crippen LogP contribution in [0.4, 0.5) is 0 Å². The predicted octanol–water partition coefficient (Wildman–Crippen LogP) is 6.66. The molecule has 0 aliphatic rings. The maximum absolute atomic E-state index is 13.0. The number of amides is 1. The lowest BCUT2D eigenvalue weighted by Crippen LogP contribution is -2.32. The molecule has 0 heterocycles. The number of rotatable bonds is 11. The number of hydrogen-bond acceptors (Lipinski definition) is 5. The summed E-state index contributed by atoms with van der Waals surface area (Å²) in [5.74, 6) is 0.237. The molecule has 4 aromatic carbocycles. The number of nitrogens with zero attached hydrogens (tertiary/aromatic N) is 1. The van der Waals surface area contributed by atoms with Crippen LogP contribution in [0.5, 0.6) is 5.75 Å². The van der Waals surface area contributed by atoms with Crippen LogP contribution >= 0.6 is 31.9 Å². The molecule has 0 saturated heterocycles. The Kier molecular flexibility index (Phi) is 10.3. The minimum atomic E-state index is -3.85. The molecule has 1 amide bonds. The van der Waals surface area contributed by atoms with Crippen molar-refractivity contribution >= 4 is 54.0 Å². The van der Waals surface area contributed by atoms with Crippen LogP contribution in [0.25, 0.3) is 0 Å². The molecule has 4 aromatic rings. The van der Waals surface area contributed by atoms with Crippen LogP contribution < -0.4 is 14.9 Å². The first kappa shape index (κ1) is 29.7. The van der Waals surface area contributed by atoms with Gasteiger partial charge in [-0.2, -0.15) is 5.10 Å². The number of aryl methyl sites for hydroxylation is 1. The van der Waals surface area contributed by atoms with Crippen molar-refractivity contribution < 1.29 is 17.9 Å². The molecule has 0 saturated carbocycles. The van der Waals surface area contributed by atoms with E-state index in [1.54, 1.807) is 48.5 Å². The van der Waals surface area contributed by atoms with Crippen LogP contribution in [0.2, 0.25) is 0 Å². The van der Waals surface area contributed by atoms with Gasteiger partial charge in [-0.3, -0.25) is 4.79 Å². The van der Waals surface area contributed by atoms with Crippen LogP contribution in [0.15, 0.2) is 116 Å². The first-order chi connectivity index (χ1) is 19.2. The molecule has 0 aliphatic heterocycles. The van der Waals surface area contributed by atoms with Gasteiger partial charge in [0.2, 0.25) is 15.9 Å². The van der Waals surface area contributed by atoms with Crippen molar-refractivity contribution in [3.8, 4) is 5.75 Å². The Morgan fingerprint density at radius 1 is 0.950 bits per heavy atom. The maximum Gasteiger partial charge on any atom is 0.242 e. The summed E-state index contributed by atoms with van der Waals surface area (Å²) in [6, 6.07) is 28.1. The minimum Gasteiger partial charge on any atom is -0.488 e. The Labute approximate surface area is 251 Å². The molecule has 0 aromatic heterocycles. The summed E-state index contributed by atoms with van der Waals surface area (Å²) in [5.41, 5.74) is 5.89. The molecule has 2 N–H and O–H groups in total. The predicted molar refractivity (Wildman–Crippen MR) is 164 cm³/mol. The van der Waals surface area contributed by atoms with E-state index in [0.717, 1.165) is 25.6 Å². The second-order valence-electron chi connectivity index (χ2n) is 9.00. The molecule has 1 atom stereocenters. The van der Waals surface area contributed by atoms with Gasteiger partial charge in [0.05, 0.1) is 21.6 Å². The third-order valence-electron chi connectivity index (χ3n) is 5.89. The summed E-state index contributed by atoms with van der Waals surface area (Å²) < 4.78 is 36.3. The van der Waals surface area contributed by atoms with E-state index in [9.17, 15) is 13.2 Å². The molecule has 0 bridgehead atoms. The highest BCUT2D eigenvalue weighted by Gasteiger charge is 2.23. The zero-order valence-corrected chi connectivity index (χ0v) is 25.5. The lowest BCUT2D eigenvalue weighted by molar-refractivity contribution is -0.121. The fourth-order valence-electron chi connectivity index (χ4n) is 3.75. The van der Waals surface area contributed by atoms with Gasteiger partial charge >= 0.3 is 0 Å². The molecule has 10 heteroatoms. The average molecular weight is 685 g/mol. The van der Waals surface area contributed by atoms with Crippen LogP contribution in [-0.4, -0.2) is 20.5 Å². The molecule has 0 unspecified atom stereocenters. The van der Waals surface area contributed by atoms with Gasteiger partial charge in [-0.15, -0.1) is 0 Å². The second kappa shape index (κ2) is 13.8. The number of nitrogens with one attached hydrogen (secondary N) is 2. The van der Waals surface area contributed by atoms with E-state index in [1.807, 2.05) is 55.5 Å². The Morgan fingerprint density at radius 3 is 2.33 bits per heavy atom. The first-order valence-corrected chi connectivity index (χ1v) is 15.4. The highest BCUT2D eigenvalue weighted by atomic mass is 79.9. The van der Waals surface area contributed by atoms with Gasteiger partial charge in [-0.05, 0) is 82.0 Å². The summed E-state index contributed by atoms with van der Waals surface area (Å²) in [5, 5.41) is 4.06. The van der Waals surface area contributed by atoms with Crippen molar-refractivity contribution in [2.45, 2.75) is 30.9 Å². The SMILES string of the molecule is Cc1ccc(S(=O)(=O)N[C@H](CC(=O)N/N=C\c2ccc(OCc3ccc(Br)cc3)c(Br)c2)c2ccccc2)cc1. The Balaban J connectivity index is 1.37. The smallest absolute Gasteiger partial charge is 0.242 e. The zero-order valence-electron chi connectivity index (χ0n) is 21.6. The normalized spacial score (nSPS) is 12.3. The summed E-state index contributed by atoms with van der Waals surface area (Å²) in [7, 11) is -3.85. The van der Waals surface area contributed by atoms with Crippen molar-refractivity contribution in [1.29, 1.82) is 0 Å². The van der Waals surface area contributed by atoms with Crippen LogP contribution in [0, 0.1) is 6.92 Å². The number of hydrogen-bond donors (Lipinski definition) is 2. The quantitative estimate of drug-likeness (QED) is 0.136. The van der Waals surface area contributed by atoms with Crippen molar-refractivity contribution in [2.75, 3.05) is 0 Å². The number of halogens is 2. The fraction of sp³-hybridized carbons (Fsp3) is 0.133. The van der Waals surface area contributed by atoms with Gasteiger partial charge in [0.25, 0.3) is 0 Å². The van der Waals surface area contributed by atoms with Gasteiger partial charge in [0.15, 0.2) is 0 Å². The summed E-state index contributed by atoms with van der Waals surface area (Å²) in [4.78, 5) is 12.9. The van der Waals surface area contributed by atoms with E-state index in [2.05, 4.69) is 47.1 Å². The molecule has 0 spiro atoms. The third kappa shape index (κ3) is 8.59. The Morgan fingerprint density at radius 2 is 1.65 bits per heavy atom. The first-order valence-electron chi connectivity index (χ1n) is 12.3. The number of sulfonamides is 1. The molecule has 206 valence electrons. The van der Waals surface area contributed by atoms with Crippen molar-refractivity contribution in [3.05, 3.63) is 128 Å². The molecule has 0 radical (unpaired) electrons. The van der Waals surface area contributed by atoms with Gasteiger partial charge in [0.1, 0.15) is 12.4 Å². The van der Waals surface area contributed by atoms with Crippen LogP contribution in [-0.2, 0) is 21.4 Å². The second-order valence-corrected chi connectivity index (χ2v) is 12.5. The van der Waals surface area contributed by atoms with Crippen molar-refractivity contribution in [2.24, 2.45) is 5.10 Å². The van der Waals surface area contributed by atoms with E-state index in [1.165, 1.54) is 6.21 Å². The number of ether oxygens (including phenoxy) is 1. The third-order valence-corrected chi connectivity index (χ3v) is 8.52. The topological polar surface area (TPSA) is 96.9 Å². The summed E-state index contributed by atoms with van der Waals surface area (Å²) >= 11 is 6.94. The van der Waals surface area contributed by atoms with Crippen molar-refractivity contribution in [1.82, 2.24) is 10.1 Å². The Hall–Kier alpha value is -3.31. The van der Waals surface area contributed by atoms with E-state index in [4.69, 9.17) is 4.74 Å². The number of carbonyl (C=O) groups is 1. The molecule has 40 heavy (non-hydrogen) atoms. The Bertz CT molecular complexity index is 1580. The van der Waals surface area contributed by atoms with Crippen LogP contribution in [0.3, 0.4) is 0 Å². The van der Waals surface area contributed by atoms with Gasteiger partial charge in [0, 0.05) is 10.9 Å². The molecule has 4 rings (SSSR count).